The molecule has 1 aliphatic heterocycles. The lowest BCUT2D eigenvalue weighted by Crippen LogP contribution is -2.45. The Bertz CT molecular complexity index is 356. The summed E-state index contributed by atoms with van der Waals surface area (Å²) < 4.78 is 6.03. The van der Waals surface area contributed by atoms with E-state index < -0.39 is 0 Å². The molecule has 0 amide bonds. The second kappa shape index (κ2) is 5.46. The van der Waals surface area contributed by atoms with E-state index in [2.05, 4.69) is 36.5 Å². The van der Waals surface area contributed by atoms with Gasteiger partial charge in [-0.25, -0.2) is 4.98 Å². The van der Waals surface area contributed by atoms with Gasteiger partial charge in [0.2, 0.25) is 0 Å². The van der Waals surface area contributed by atoms with E-state index in [0.29, 0.717) is 12.5 Å². The first-order chi connectivity index (χ1) is 8.09. The number of ether oxygens (including phenoxy) is 1. The zero-order chi connectivity index (χ0) is 12.3. The summed E-state index contributed by atoms with van der Waals surface area (Å²) in [5.74, 6) is 0.515. The number of aromatic nitrogens is 1. The number of thiazole rings is 1. The number of hydrogen-bond acceptors (Lipinski definition) is 4. The van der Waals surface area contributed by atoms with E-state index >= 15 is 0 Å². The molecule has 1 unspecified atom stereocenters. The average molecular weight is 254 g/mol. The van der Waals surface area contributed by atoms with Gasteiger partial charge >= 0.3 is 0 Å². The lowest BCUT2D eigenvalue weighted by molar-refractivity contribution is -0.0582. The van der Waals surface area contributed by atoms with Gasteiger partial charge in [-0.15, -0.1) is 11.3 Å². The van der Waals surface area contributed by atoms with Crippen LogP contribution in [0.15, 0.2) is 5.38 Å². The molecular weight excluding hydrogens is 232 g/mol. The third-order valence-corrected chi connectivity index (χ3v) is 4.38. The quantitative estimate of drug-likeness (QED) is 0.897. The molecule has 0 bridgehead atoms. The highest BCUT2D eigenvalue weighted by atomic mass is 32.1. The SMILES string of the molecule is CC(C)c1nc(COC2(C)CCCNC2)cs1. The van der Waals surface area contributed by atoms with Gasteiger partial charge in [0.05, 0.1) is 22.9 Å². The van der Waals surface area contributed by atoms with Gasteiger partial charge in [0.15, 0.2) is 0 Å². The van der Waals surface area contributed by atoms with E-state index in [9.17, 15) is 0 Å². The summed E-state index contributed by atoms with van der Waals surface area (Å²) in [6.45, 7) is 9.25. The Morgan fingerprint density at radius 1 is 1.59 bits per heavy atom. The monoisotopic (exact) mass is 254 g/mol. The lowest BCUT2D eigenvalue weighted by Gasteiger charge is -2.33. The number of hydrogen-bond donors (Lipinski definition) is 1. The molecule has 17 heavy (non-hydrogen) atoms. The lowest BCUT2D eigenvalue weighted by atomic mass is 9.96. The third-order valence-electron chi connectivity index (χ3n) is 3.19. The van der Waals surface area contributed by atoms with E-state index in [1.54, 1.807) is 11.3 Å². The van der Waals surface area contributed by atoms with Gasteiger partial charge in [0.25, 0.3) is 0 Å². The molecule has 0 spiro atoms. The minimum atomic E-state index is -0.0140. The maximum Gasteiger partial charge on any atom is 0.0954 e. The van der Waals surface area contributed by atoms with Gasteiger partial charge in [-0.3, -0.25) is 0 Å². The van der Waals surface area contributed by atoms with Crippen molar-refractivity contribution >= 4 is 11.3 Å². The van der Waals surface area contributed by atoms with Crippen LogP contribution >= 0.6 is 11.3 Å². The zero-order valence-electron chi connectivity index (χ0n) is 11.0. The fourth-order valence-corrected chi connectivity index (χ4v) is 2.87. The van der Waals surface area contributed by atoms with E-state index in [1.807, 2.05) is 0 Å². The molecule has 0 aromatic carbocycles. The second-order valence-corrected chi connectivity index (χ2v) is 6.24. The van der Waals surface area contributed by atoms with Crippen molar-refractivity contribution < 1.29 is 4.74 Å². The van der Waals surface area contributed by atoms with E-state index in [4.69, 9.17) is 4.74 Å². The van der Waals surface area contributed by atoms with E-state index in [1.165, 1.54) is 11.4 Å². The Morgan fingerprint density at radius 3 is 3.00 bits per heavy atom. The number of nitrogens with one attached hydrogen (secondary N) is 1. The summed E-state index contributed by atoms with van der Waals surface area (Å²) >= 11 is 1.74. The van der Waals surface area contributed by atoms with Crippen molar-refractivity contribution in [1.29, 1.82) is 0 Å². The van der Waals surface area contributed by atoms with Crippen molar-refractivity contribution in [1.82, 2.24) is 10.3 Å². The Hall–Kier alpha value is -0.450. The van der Waals surface area contributed by atoms with Crippen molar-refractivity contribution in [2.24, 2.45) is 0 Å². The van der Waals surface area contributed by atoms with Crippen LogP contribution in [0.3, 0.4) is 0 Å². The molecule has 1 N–H and O–H groups in total. The highest BCUT2D eigenvalue weighted by molar-refractivity contribution is 7.09. The molecule has 0 radical (unpaired) electrons. The first-order valence-corrected chi connectivity index (χ1v) is 7.26. The van der Waals surface area contributed by atoms with Crippen molar-refractivity contribution in [3.8, 4) is 0 Å². The molecule has 1 aromatic rings. The largest absolute Gasteiger partial charge is 0.368 e. The van der Waals surface area contributed by atoms with Crippen LogP contribution < -0.4 is 5.32 Å². The van der Waals surface area contributed by atoms with Gasteiger partial charge in [-0.05, 0) is 26.3 Å². The predicted molar refractivity (Wildman–Crippen MR) is 71.5 cm³/mol. The molecule has 1 aromatic heterocycles. The summed E-state index contributed by atoms with van der Waals surface area (Å²) in [6, 6.07) is 0. The Balaban J connectivity index is 1.88. The van der Waals surface area contributed by atoms with Crippen LogP contribution in [0.2, 0.25) is 0 Å². The molecule has 0 saturated carbocycles. The van der Waals surface area contributed by atoms with Gasteiger partial charge in [-0.2, -0.15) is 0 Å². The normalized spacial score (nSPS) is 25.4. The minimum Gasteiger partial charge on any atom is -0.368 e. The second-order valence-electron chi connectivity index (χ2n) is 5.35. The fourth-order valence-electron chi connectivity index (χ4n) is 2.05. The summed E-state index contributed by atoms with van der Waals surface area (Å²) in [7, 11) is 0. The fraction of sp³-hybridized carbons (Fsp3) is 0.769. The Kier molecular flexibility index (Phi) is 4.17. The molecule has 3 nitrogen and oxygen atoms in total. The molecule has 1 fully saturated rings. The topological polar surface area (TPSA) is 34.1 Å². The van der Waals surface area contributed by atoms with E-state index in [0.717, 1.165) is 25.2 Å². The zero-order valence-corrected chi connectivity index (χ0v) is 11.8. The molecule has 4 heteroatoms. The van der Waals surface area contributed by atoms with Crippen molar-refractivity contribution in [2.75, 3.05) is 13.1 Å². The first-order valence-electron chi connectivity index (χ1n) is 6.38. The molecular formula is C13H22N2OS. The van der Waals surface area contributed by atoms with Crippen LogP contribution in [0.25, 0.3) is 0 Å². The third kappa shape index (κ3) is 3.50. The first kappa shape index (κ1) is 13.0. The highest BCUT2D eigenvalue weighted by Crippen LogP contribution is 2.24. The summed E-state index contributed by atoms with van der Waals surface area (Å²) in [6.07, 6.45) is 2.34. The molecule has 96 valence electrons. The molecule has 2 heterocycles. The Morgan fingerprint density at radius 2 is 2.41 bits per heavy atom. The minimum absolute atomic E-state index is 0.0140. The van der Waals surface area contributed by atoms with Crippen LogP contribution in [-0.4, -0.2) is 23.7 Å². The van der Waals surface area contributed by atoms with Crippen LogP contribution in [0.4, 0.5) is 0 Å². The van der Waals surface area contributed by atoms with Crippen LogP contribution in [0, 0.1) is 0 Å². The van der Waals surface area contributed by atoms with Crippen molar-refractivity contribution in [3.05, 3.63) is 16.1 Å². The molecule has 1 saturated heterocycles. The predicted octanol–water partition coefficient (Wildman–Crippen LogP) is 2.93. The van der Waals surface area contributed by atoms with Gasteiger partial charge < -0.3 is 10.1 Å². The summed E-state index contributed by atoms with van der Waals surface area (Å²) in [4.78, 5) is 4.60. The number of nitrogens with zero attached hydrogens (tertiary/aromatic N) is 1. The highest BCUT2D eigenvalue weighted by Gasteiger charge is 2.27. The summed E-state index contributed by atoms with van der Waals surface area (Å²) in [5.41, 5.74) is 1.06. The number of piperidine rings is 1. The molecule has 1 aliphatic rings. The molecule has 0 aliphatic carbocycles. The van der Waals surface area contributed by atoms with Crippen LogP contribution in [-0.2, 0) is 11.3 Å². The Labute approximate surface area is 108 Å². The molecule has 2 rings (SSSR count). The van der Waals surface area contributed by atoms with Crippen molar-refractivity contribution in [2.45, 2.75) is 51.7 Å². The van der Waals surface area contributed by atoms with Crippen molar-refractivity contribution in [3.63, 3.8) is 0 Å². The average Bonchev–Trinajstić information content (AvgIpc) is 2.76. The van der Waals surface area contributed by atoms with Gasteiger partial charge in [0, 0.05) is 17.8 Å². The smallest absolute Gasteiger partial charge is 0.0954 e. The van der Waals surface area contributed by atoms with Crippen LogP contribution in [0.1, 0.15) is 50.2 Å². The van der Waals surface area contributed by atoms with E-state index in [-0.39, 0.29) is 5.60 Å². The standard InChI is InChI=1S/C13H22N2OS/c1-10(2)12-15-11(8-17-12)7-16-13(3)5-4-6-14-9-13/h8,10,14H,4-7,9H2,1-3H3. The maximum atomic E-state index is 6.03. The van der Waals surface area contributed by atoms with Gasteiger partial charge in [0.1, 0.15) is 0 Å². The van der Waals surface area contributed by atoms with Crippen LogP contribution in [0.5, 0.6) is 0 Å². The maximum absolute atomic E-state index is 6.03. The molecule has 1 atom stereocenters. The number of rotatable bonds is 4. The van der Waals surface area contributed by atoms with Gasteiger partial charge in [-0.1, -0.05) is 13.8 Å². The summed E-state index contributed by atoms with van der Waals surface area (Å²) in [5, 5.41) is 6.72.